The number of halogens is 2. The van der Waals surface area contributed by atoms with Gasteiger partial charge in [-0.2, -0.15) is 0 Å². The number of ether oxygens (including phenoxy) is 2. The Balaban J connectivity index is 1.62. The van der Waals surface area contributed by atoms with Gasteiger partial charge in [0.05, 0.1) is 18.4 Å². The van der Waals surface area contributed by atoms with Crippen molar-refractivity contribution in [3.05, 3.63) is 48.1 Å². The molecule has 0 bridgehead atoms. The molecule has 1 aromatic carbocycles. The monoisotopic (exact) mass is 422 g/mol. The van der Waals surface area contributed by atoms with E-state index in [0.29, 0.717) is 0 Å². The van der Waals surface area contributed by atoms with Gasteiger partial charge in [-0.25, -0.2) is 13.6 Å². The summed E-state index contributed by atoms with van der Waals surface area (Å²) >= 11 is 0. The molecule has 3 rings (SSSR count). The van der Waals surface area contributed by atoms with Crippen LogP contribution in [0.3, 0.4) is 0 Å². The zero-order chi connectivity index (χ0) is 22.1. The normalized spacial score (nSPS) is 26.0. The highest BCUT2D eigenvalue weighted by Crippen LogP contribution is 2.30. The number of nitrogens with one attached hydrogen (secondary N) is 1. The molecule has 0 saturated carbocycles. The Bertz CT molecular complexity index is 876. The van der Waals surface area contributed by atoms with E-state index >= 15 is 0 Å². The fourth-order valence-corrected chi connectivity index (χ4v) is 3.22. The molecule has 0 unspecified atom stereocenters. The van der Waals surface area contributed by atoms with Crippen LogP contribution in [0.4, 0.5) is 8.78 Å². The van der Waals surface area contributed by atoms with E-state index in [0.717, 1.165) is 18.2 Å². The summed E-state index contributed by atoms with van der Waals surface area (Å²) in [6.45, 7) is 9.04. The number of carbonyl (C=O) groups is 2. The molecule has 30 heavy (non-hydrogen) atoms. The minimum atomic E-state index is -1.53. The van der Waals surface area contributed by atoms with Crippen LogP contribution >= 0.6 is 0 Å². The highest BCUT2D eigenvalue weighted by Gasteiger charge is 2.46. The summed E-state index contributed by atoms with van der Waals surface area (Å²) in [7, 11) is 0. The molecule has 2 heterocycles. The van der Waals surface area contributed by atoms with E-state index in [1.807, 2.05) is 0 Å². The van der Waals surface area contributed by atoms with Crippen LogP contribution in [0.2, 0.25) is 0 Å². The number of hydrogen-bond acceptors (Lipinski definition) is 6. The van der Waals surface area contributed by atoms with Crippen molar-refractivity contribution in [3.8, 4) is 0 Å². The van der Waals surface area contributed by atoms with Crippen molar-refractivity contribution in [1.29, 1.82) is 0 Å². The lowest BCUT2D eigenvalue weighted by molar-refractivity contribution is -0.165. The van der Waals surface area contributed by atoms with Crippen LogP contribution in [-0.4, -0.2) is 47.5 Å². The molecule has 1 saturated heterocycles. The van der Waals surface area contributed by atoms with Crippen LogP contribution in [-0.2, 0) is 23.9 Å². The highest BCUT2D eigenvalue weighted by atomic mass is 19.1. The first-order valence-electron chi connectivity index (χ1n) is 9.52. The van der Waals surface area contributed by atoms with Crippen molar-refractivity contribution in [2.75, 3.05) is 6.61 Å². The summed E-state index contributed by atoms with van der Waals surface area (Å²) in [6.07, 6.45) is 0.710. The molecule has 0 radical (unpaired) electrons. The summed E-state index contributed by atoms with van der Waals surface area (Å²) in [4.78, 5) is 30.3. The van der Waals surface area contributed by atoms with Gasteiger partial charge in [0.2, 0.25) is 5.60 Å². The molecule has 1 fully saturated rings. The van der Waals surface area contributed by atoms with E-state index in [-0.39, 0.29) is 30.7 Å². The van der Waals surface area contributed by atoms with E-state index in [1.165, 1.54) is 6.08 Å². The van der Waals surface area contributed by atoms with Crippen LogP contribution in [0.25, 0.3) is 0 Å². The summed E-state index contributed by atoms with van der Waals surface area (Å²) in [5, 5.41) is 6.60. The van der Waals surface area contributed by atoms with Crippen LogP contribution in [0.1, 0.15) is 39.2 Å². The Morgan fingerprint density at radius 1 is 1.30 bits per heavy atom. The Labute approximate surface area is 173 Å². The fraction of sp³-hybridized carbons (Fsp3) is 0.476. The molecule has 1 N–H and O–H groups in total. The average Bonchev–Trinajstić information content (AvgIpc) is 3.27. The third kappa shape index (κ3) is 4.84. The van der Waals surface area contributed by atoms with E-state index in [4.69, 9.17) is 14.3 Å². The molecule has 2 aliphatic heterocycles. The maximum Gasteiger partial charge on any atom is 0.335 e. The van der Waals surface area contributed by atoms with Crippen LogP contribution in [0.5, 0.6) is 0 Å². The second-order valence-electron chi connectivity index (χ2n) is 8.32. The van der Waals surface area contributed by atoms with E-state index < -0.39 is 46.9 Å². The first-order valence-corrected chi connectivity index (χ1v) is 9.52. The van der Waals surface area contributed by atoms with Gasteiger partial charge < -0.3 is 19.6 Å². The number of esters is 1. The van der Waals surface area contributed by atoms with Gasteiger partial charge >= 0.3 is 5.97 Å². The van der Waals surface area contributed by atoms with Crippen molar-refractivity contribution < 1.29 is 32.7 Å². The van der Waals surface area contributed by atoms with Crippen molar-refractivity contribution >= 4 is 17.6 Å². The Morgan fingerprint density at radius 3 is 2.57 bits per heavy atom. The zero-order valence-corrected chi connectivity index (χ0v) is 17.0. The Hall–Kier alpha value is -2.81. The first-order chi connectivity index (χ1) is 14.0. The van der Waals surface area contributed by atoms with Gasteiger partial charge in [0, 0.05) is 24.5 Å². The molecule has 162 valence electrons. The highest BCUT2D eigenvalue weighted by molar-refractivity contribution is 6.06. The number of amides is 1. The van der Waals surface area contributed by atoms with Gasteiger partial charge in [-0.15, -0.1) is 0 Å². The smallest absolute Gasteiger partial charge is 0.335 e. The third-order valence-corrected chi connectivity index (χ3v) is 4.66. The predicted octanol–water partition coefficient (Wildman–Crippen LogP) is 2.63. The molecular weight excluding hydrogens is 398 g/mol. The molecule has 0 spiro atoms. The van der Waals surface area contributed by atoms with E-state index in [1.54, 1.807) is 20.8 Å². The average molecular weight is 422 g/mol. The SMILES string of the molecule is C=C[C@]1(C(=O)N[C@H]2CO[C@@H](C(=O)OC(C)(C)C)C2)CC(c2cc(F)cc(F)c2)=NO1. The number of rotatable bonds is 5. The van der Waals surface area contributed by atoms with Crippen molar-refractivity contribution in [1.82, 2.24) is 5.32 Å². The minimum Gasteiger partial charge on any atom is -0.458 e. The lowest BCUT2D eigenvalue weighted by atomic mass is 9.92. The quantitative estimate of drug-likeness (QED) is 0.582. The molecule has 9 heteroatoms. The predicted molar refractivity (Wildman–Crippen MR) is 104 cm³/mol. The topological polar surface area (TPSA) is 86.2 Å². The van der Waals surface area contributed by atoms with Gasteiger partial charge in [-0.1, -0.05) is 11.7 Å². The number of oxime groups is 1. The molecule has 1 amide bonds. The number of hydrogen-bond donors (Lipinski definition) is 1. The number of carbonyl (C=O) groups excluding carboxylic acids is 2. The van der Waals surface area contributed by atoms with Crippen LogP contribution < -0.4 is 5.32 Å². The molecular formula is C21H24F2N2O5. The third-order valence-electron chi connectivity index (χ3n) is 4.66. The second-order valence-corrected chi connectivity index (χ2v) is 8.32. The van der Waals surface area contributed by atoms with Gasteiger partial charge in [-0.05, 0) is 39.0 Å². The summed E-state index contributed by atoms with van der Waals surface area (Å²) in [5.74, 6) is -2.55. The maximum atomic E-state index is 13.5. The lowest BCUT2D eigenvalue weighted by Gasteiger charge is -2.23. The largest absolute Gasteiger partial charge is 0.458 e. The van der Waals surface area contributed by atoms with Crippen molar-refractivity contribution in [2.45, 2.75) is 57.0 Å². The first kappa shape index (κ1) is 21.9. The maximum absolute atomic E-state index is 13.5. The summed E-state index contributed by atoms with van der Waals surface area (Å²) < 4.78 is 37.8. The molecule has 2 aliphatic rings. The van der Waals surface area contributed by atoms with Gasteiger partial charge in [0.15, 0.2) is 6.10 Å². The van der Waals surface area contributed by atoms with Crippen molar-refractivity contribution in [3.63, 3.8) is 0 Å². The second kappa shape index (κ2) is 8.14. The standard InChI is InChI=1S/C21H24F2N2O5/c1-5-21(10-16(25-30-21)12-6-13(22)8-14(23)7-12)19(27)24-15-9-17(28-11-15)18(26)29-20(2,3)4/h5-8,15,17H,1,9-11H2,2-4H3,(H,24,27)/t15-,17-,21-/m1/s1. The number of nitrogens with zero attached hydrogens (tertiary/aromatic N) is 1. The Kier molecular flexibility index (Phi) is 5.94. The molecule has 3 atom stereocenters. The van der Waals surface area contributed by atoms with Crippen LogP contribution in [0, 0.1) is 11.6 Å². The van der Waals surface area contributed by atoms with Gasteiger partial charge in [-0.3, -0.25) is 4.79 Å². The molecule has 0 aliphatic carbocycles. The fourth-order valence-electron chi connectivity index (χ4n) is 3.22. The summed E-state index contributed by atoms with van der Waals surface area (Å²) in [6, 6.07) is 2.53. The molecule has 1 aromatic rings. The minimum absolute atomic E-state index is 0.0473. The van der Waals surface area contributed by atoms with Gasteiger partial charge in [0.1, 0.15) is 17.2 Å². The molecule has 0 aromatic heterocycles. The van der Waals surface area contributed by atoms with Crippen molar-refractivity contribution in [2.24, 2.45) is 5.16 Å². The molecule has 7 nitrogen and oxygen atoms in total. The van der Waals surface area contributed by atoms with Crippen LogP contribution in [0.15, 0.2) is 36.0 Å². The van der Waals surface area contributed by atoms with E-state index in [9.17, 15) is 18.4 Å². The van der Waals surface area contributed by atoms with E-state index in [2.05, 4.69) is 17.1 Å². The Morgan fingerprint density at radius 2 is 1.97 bits per heavy atom. The van der Waals surface area contributed by atoms with Gasteiger partial charge in [0.25, 0.3) is 5.91 Å². The summed E-state index contributed by atoms with van der Waals surface area (Å²) in [5.41, 5.74) is -1.77. The number of benzene rings is 1. The zero-order valence-electron chi connectivity index (χ0n) is 17.0. The lowest BCUT2D eigenvalue weighted by Crippen LogP contribution is -2.49.